The Kier molecular flexibility index (Phi) is 5.42. The van der Waals surface area contributed by atoms with Crippen LogP contribution in [0.3, 0.4) is 0 Å². The van der Waals surface area contributed by atoms with Gasteiger partial charge in [-0.2, -0.15) is 13.2 Å². The maximum absolute atomic E-state index is 12.7. The summed E-state index contributed by atoms with van der Waals surface area (Å²) in [6.45, 7) is 3.18. The number of benzene rings is 1. The molecule has 0 atom stereocenters. The summed E-state index contributed by atoms with van der Waals surface area (Å²) in [5.41, 5.74) is -0.0513. The molecule has 0 aromatic heterocycles. The largest absolute Gasteiger partial charge is 0.416 e. The highest BCUT2D eigenvalue weighted by molar-refractivity contribution is 5.92. The molecule has 0 bridgehead atoms. The standard InChI is InChI=1S/C15H19F3N2O2/c1-10-2-3-11(15(16,17)18)8-13(10)20-14(21)9-22-12-4-6-19-7-5-12/h2-3,8,12,19H,4-7,9H2,1H3,(H,20,21). The SMILES string of the molecule is Cc1ccc(C(F)(F)F)cc1NC(=O)COC1CCNCC1. The van der Waals surface area contributed by atoms with Crippen LogP contribution >= 0.6 is 0 Å². The van der Waals surface area contributed by atoms with Crippen molar-refractivity contribution in [1.82, 2.24) is 5.32 Å². The second-order valence-electron chi connectivity index (χ2n) is 5.34. The van der Waals surface area contributed by atoms with Gasteiger partial charge >= 0.3 is 6.18 Å². The number of rotatable bonds is 4. The van der Waals surface area contributed by atoms with Crippen LogP contribution in [0.1, 0.15) is 24.0 Å². The van der Waals surface area contributed by atoms with E-state index in [-0.39, 0.29) is 18.4 Å². The Labute approximate surface area is 127 Å². The Bertz CT molecular complexity index is 526. The first kappa shape index (κ1) is 16.8. The minimum Gasteiger partial charge on any atom is -0.368 e. The number of halogens is 3. The van der Waals surface area contributed by atoms with E-state index in [1.807, 2.05) is 0 Å². The summed E-state index contributed by atoms with van der Waals surface area (Å²) >= 11 is 0. The van der Waals surface area contributed by atoms with E-state index in [1.54, 1.807) is 6.92 Å². The molecule has 0 spiro atoms. The number of carbonyl (C=O) groups excluding carboxylic acids is 1. The fraction of sp³-hybridized carbons (Fsp3) is 0.533. The number of aryl methyl sites for hydroxylation is 1. The first-order valence-corrected chi connectivity index (χ1v) is 7.16. The minimum absolute atomic E-state index is 0.0228. The highest BCUT2D eigenvalue weighted by atomic mass is 19.4. The molecule has 2 rings (SSSR count). The van der Waals surface area contributed by atoms with E-state index < -0.39 is 17.6 Å². The molecule has 1 aromatic rings. The van der Waals surface area contributed by atoms with Crippen molar-refractivity contribution >= 4 is 11.6 Å². The van der Waals surface area contributed by atoms with Crippen molar-refractivity contribution in [3.8, 4) is 0 Å². The van der Waals surface area contributed by atoms with Gasteiger partial charge in [-0.3, -0.25) is 4.79 Å². The summed E-state index contributed by atoms with van der Waals surface area (Å²) < 4.78 is 43.5. The molecule has 0 radical (unpaired) electrons. The Morgan fingerprint density at radius 3 is 2.68 bits per heavy atom. The maximum Gasteiger partial charge on any atom is 0.416 e. The highest BCUT2D eigenvalue weighted by Gasteiger charge is 2.31. The zero-order valence-corrected chi connectivity index (χ0v) is 12.3. The Hall–Kier alpha value is -1.60. The van der Waals surface area contributed by atoms with Crippen LogP contribution in [0.4, 0.5) is 18.9 Å². The molecule has 0 aliphatic carbocycles. The number of amides is 1. The molecule has 1 saturated heterocycles. The van der Waals surface area contributed by atoms with Gasteiger partial charge in [-0.05, 0) is 50.6 Å². The third kappa shape index (κ3) is 4.71. The fourth-order valence-corrected chi connectivity index (χ4v) is 2.27. The minimum atomic E-state index is -4.43. The van der Waals surface area contributed by atoms with Crippen LogP contribution in [0.15, 0.2) is 18.2 Å². The summed E-state index contributed by atoms with van der Waals surface area (Å²) in [7, 11) is 0. The lowest BCUT2D eigenvalue weighted by atomic mass is 10.1. The zero-order chi connectivity index (χ0) is 16.2. The van der Waals surface area contributed by atoms with Crippen molar-refractivity contribution in [3.63, 3.8) is 0 Å². The lowest BCUT2D eigenvalue weighted by molar-refractivity contribution is -0.137. The van der Waals surface area contributed by atoms with Crippen molar-refractivity contribution < 1.29 is 22.7 Å². The fourth-order valence-electron chi connectivity index (χ4n) is 2.27. The average molecular weight is 316 g/mol. The molecule has 22 heavy (non-hydrogen) atoms. The molecule has 122 valence electrons. The lowest BCUT2D eigenvalue weighted by Gasteiger charge is -2.22. The monoisotopic (exact) mass is 316 g/mol. The van der Waals surface area contributed by atoms with Gasteiger partial charge in [0.1, 0.15) is 6.61 Å². The van der Waals surface area contributed by atoms with Crippen LogP contribution in [0.5, 0.6) is 0 Å². The van der Waals surface area contributed by atoms with Crippen LogP contribution in [0.2, 0.25) is 0 Å². The number of anilines is 1. The summed E-state index contributed by atoms with van der Waals surface area (Å²) in [6.07, 6.45) is -2.75. The number of alkyl halides is 3. The molecule has 1 aliphatic heterocycles. The van der Waals surface area contributed by atoms with E-state index in [4.69, 9.17) is 4.74 Å². The number of carbonyl (C=O) groups is 1. The van der Waals surface area contributed by atoms with Gasteiger partial charge in [0.05, 0.1) is 11.7 Å². The van der Waals surface area contributed by atoms with Gasteiger partial charge in [0, 0.05) is 5.69 Å². The Morgan fingerprint density at radius 1 is 1.36 bits per heavy atom. The molecule has 0 saturated carbocycles. The van der Waals surface area contributed by atoms with Crippen LogP contribution in [-0.4, -0.2) is 31.7 Å². The second-order valence-corrected chi connectivity index (χ2v) is 5.34. The molecule has 2 N–H and O–H groups in total. The van der Waals surface area contributed by atoms with Gasteiger partial charge < -0.3 is 15.4 Å². The van der Waals surface area contributed by atoms with Gasteiger partial charge in [0.15, 0.2) is 0 Å². The highest BCUT2D eigenvalue weighted by Crippen LogP contribution is 2.32. The van der Waals surface area contributed by atoms with Crippen molar-refractivity contribution in [1.29, 1.82) is 0 Å². The number of nitrogens with one attached hydrogen (secondary N) is 2. The van der Waals surface area contributed by atoms with E-state index in [9.17, 15) is 18.0 Å². The first-order chi connectivity index (χ1) is 10.4. The van der Waals surface area contributed by atoms with Crippen molar-refractivity contribution in [2.24, 2.45) is 0 Å². The van der Waals surface area contributed by atoms with Gasteiger partial charge in [0.2, 0.25) is 5.91 Å². The number of ether oxygens (including phenoxy) is 1. The molecular formula is C15H19F3N2O2. The molecule has 1 aliphatic rings. The van der Waals surface area contributed by atoms with Crippen molar-refractivity contribution in [3.05, 3.63) is 29.3 Å². The van der Waals surface area contributed by atoms with Gasteiger partial charge in [0.25, 0.3) is 0 Å². The van der Waals surface area contributed by atoms with Crippen molar-refractivity contribution in [2.45, 2.75) is 32.0 Å². The van der Waals surface area contributed by atoms with Crippen LogP contribution in [0.25, 0.3) is 0 Å². The first-order valence-electron chi connectivity index (χ1n) is 7.16. The summed E-state index contributed by atoms with van der Waals surface area (Å²) in [4.78, 5) is 11.8. The molecule has 1 amide bonds. The van der Waals surface area contributed by atoms with E-state index in [0.29, 0.717) is 5.56 Å². The smallest absolute Gasteiger partial charge is 0.368 e. The number of hydrogen-bond acceptors (Lipinski definition) is 3. The second kappa shape index (κ2) is 7.11. The molecule has 1 fully saturated rings. The normalized spacial score (nSPS) is 16.5. The van der Waals surface area contributed by atoms with Crippen LogP contribution < -0.4 is 10.6 Å². The van der Waals surface area contributed by atoms with Crippen LogP contribution in [-0.2, 0) is 15.7 Å². The number of hydrogen-bond donors (Lipinski definition) is 2. The molecule has 4 nitrogen and oxygen atoms in total. The lowest BCUT2D eigenvalue weighted by Crippen LogP contribution is -2.34. The third-order valence-corrected chi connectivity index (χ3v) is 3.58. The molecule has 0 unspecified atom stereocenters. The quantitative estimate of drug-likeness (QED) is 0.898. The third-order valence-electron chi connectivity index (χ3n) is 3.58. The Morgan fingerprint density at radius 2 is 2.05 bits per heavy atom. The topological polar surface area (TPSA) is 50.4 Å². The predicted octanol–water partition coefficient (Wildman–Crippen LogP) is 2.72. The van der Waals surface area contributed by atoms with Gasteiger partial charge in [-0.15, -0.1) is 0 Å². The summed E-state index contributed by atoms with van der Waals surface area (Å²) in [6, 6.07) is 3.28. The zero-order valence-electron chi connectivity index (χ0n) is 12.3. The van der Waals surface area contributed by atoms with Crippen molar-refractivity contribution in [2.75, 3.05) is 25.0 Å². The predicted molar refractivity (Wildman–Crippen MR) is 76.7 cm³/mol. The molecular weight excluding hydrogens is 297 g/mol. The van der Waals surface area contributed by atoms with Gasteiger partial charge in [-0.25, -0.2) is 0 Å². The molecule has 7 heteroatoms. The average Bonchev–Trinajstić information content (AvgIpc) is 2.47. The van der Waals surface area contributed by atoms with Gasteiger partial charge in [-0.1, -0.05) is 6.07 Å². The van der Waals surface area contributed by atoms with E-state index >= 15 is 0 Å². The Balaban J connectivity index is 1.93. The van der Waals surface area contributed by atoms with Crippen LogP contribution in [0, 0.1) is 6.92 Å². The molecule has 1 aromatic carbocycles. The van der Waals surface area contributed by atoms with E-state index in [0.717, 1.165) is 38.1 Å². The molecule has 1 heterocycles. The summed E-state index contributed by atoms with van der Waals surface area (Å²) in [5.74, 6) is -0.444. The van der Waals surface area contributed by atoms with E-state index in [1.165, 1.54) is 6.07 Å². The maximum atomic E-state index is 12.7. The van der Waals surface area contributed by atoms with E-state index in [2.05, 4.69) is 10.6 Å². The summed E-state index contributed by atoms with van der Waals surface area (Å²) in [5, 5.41) is 5.67. The number of piperidine rings is 1.